The molecular weight excluding hydrogens is 797 g/mol. The third-order valence-corrected chi connectivity index (χ3v) is 13.4. The number of alkyl carbamates (subject to hydrolysis) is 1. The van der Waals surface area contributed by atoms with Gasteiger partial charge < -0.3 is 39.0 Å². The van der Waals surface area contributed by atoms with Crippen LogP contribution >= 0.6 is 11.3 Å². The summed E-state index contributed by atoms with van der Waals surface area (Å²) < 4.78 is 30.8. The number of nitrogens with one attached hydrogen (secondary N) is 2. The van der Waals surface area contributed by atoms with Crippen LogP contribution in [0.3, 0.4) is 0 Å². The quantitative estimate of drug-likeness (QED) is 0.133. The molecule has 3 fully saturated rings. The number of aliphatic hydroxyl groups excluding tert-OH is 1. The molecule has 0 bridgehead atoms. The summed E-state index contributed by atoms with van der Waals surface area (Å²) in [6, 6.07) is 4.39. The van der Waals surface area contributed by atoms with E-state index in [1.165, 1.54) is 6.92 Å². The fraction of sp³-hybridized carbons (Fsp3) is 0.690. The summed E-state index contributed by atoms with van der Waals surface area (Å²) in [5.41, 5.74) is -0.449. The molecule has 3 N–H and O–H groups in total. The number of aromatic nitrogens is 2. The van der Waals surface area contributed by atoms with Gasteiger partial charge in [0.15, 0.2) is 23.5 Å². The van der Waals surface area contributed by atoms with Crippen LogP contribution in [0.4, 0.5) is 9.59 Å². The summed E-state index contributed by atoms with van der Waals surface area (Å²) in [5.74, 6) is -5.36. The van der Waals surface area contributed by atoms with Gasteiger partial charge in [-0.1, -0.05) is 27.7 Å². The second kappa shape index (κ2) is 19.3. The average Bonchev–Trinajstić information content (AvgIpc) is 3.81. The molecule has 0 radical (unpaired) electrons. The molecule has 0 saturated carbocycles. The number of hydrogen-bond acceptors (Lipinski definition) is 16. The summed E-state index contributed by atoms with van der Waals surface area (Å²) in [6.45, 7) is 13.5. The third kappa shape index (κ3) is 10.3. The van der Waals surface area contributed by atoms with Gasteiger partial charge >= 0.3 is 18.2 Å². The molecule has 0 spiro atoms. The number of esters is 1. The number of hydrazine groups is 1. The minimum absolute atomic E-state index is 0.154. The Kier molecular flexibility index (Phi) is 15.1. The van der Waals surface area contributed by atoms with Gasteiger partial charge in [-0.15, -0.1) is 11.3 Å². The fourth-order valence-electron chi connectivity index (χ4n) is 8.87. The Morgan fingerprint density at radius 3 is 2.37 bits per heavy atom. The molecule has 5 rings (SSSR count). The van der Waals surface area contributed by atoms with Crippen LogP contribution in [0.5, 0.6) is 0 Å². The van der Waals surface area contributed by atoms with Crippen LogP contribution in [0, 0.1) is 23.7 Å². The summed E-state index contributed by atoms with van der Waals surface area (Å²) in [4.78, 5) is 82.0. The first-order chi connectivity index (χ1) is 28.2. The highest BCUT2D eigenvalue weighted by Gasteiger charge is 2.57. The van der Waals surface area contributed by atoms with E-state index in [0.717, 1.165) is 9.75 Å². The van der Waals surface area contributed by atoms with Crippen LogP contribution in [0.1, 0.15) is 79.5 Å². The Hall–Kier alpha value is -4.07. The SMILES string of the molecule is CC[C@H]1OC(=O)[C@H](C)C(=O)[C@H](C)[C@@H](O[C@@H]2O[C@H](C)C[C@H](N(C)C)[C@H]2O)[C@](C)(OC(=O)NN(C)CCc2ccc(-c3ncccn3)s2)C[C@@H](C)C(=O)[C@H](C)[C@H]2NC(=O)O[C@@]21C. The number of likely N-dealkylation sites (N-methyl/N-ethyl adjacent to an activating group) is 2. The van der Waals surface area contributed by atoms with Crippen molar-refractivity contribution >= 4 is 41.1 Å². The van der Waals surface area contributed by atoms with Gasteiger partial charge in [0.25, 0.3) is 0 Å². The maximum absolute atomic E-state index is 14.5. The number of carbonyl (C=O) groups is 5. The maximum Gasteiger partial charge on any atom is 0.422 e. The molecule has 3 aliphatic heterocycles. The Bertz CT molecular complexity index is 1850. The number of rotatable bonds is 10. The summed E-state index contributed by atoms with van der Waals surface area (Å²) in [5, 5.41) is 15.9. The van der Waals surface area contributed by atoms with E-state index in [0.29, 0.717) is 25.2 Å². The zero-order valence-corrected chi connectivity index (χ0v) is 37.3. The van der Waals surface area contributed by atoms with E-state index in [-0.39, 0.29) is 30.8 Å². The summed E-state index contributed by atoms with van der Waals surface area (Å²) >= 11 is 1.54. The number of hydrogen-bond donors (Lipinski definition) is 3. The van der Waals surface area contributed by atoms with E-state index in [1.807, 2.05) is 38.1 Å². The van der Waals surface area contributed by atoms with Gasteiger partial charge in [-0.3, -0.25) is 19.8 Å². The molecule has 13 atom stereocenters. The van der Waals surface area contributed by atoms with Crippen molar-refractivity contribution in [3.8, 4) is 10.7 Å². The van der Waals surface area contributed by atoms with Crippen molar-refractivity contribution in [2.24, 2.45) is 23.7 Å². The van der Waals surface area contributed by atoms with Crippen molar-refractivity contribution in [2.45, 2.75) is 135 Å². The van der Waals surface area contributed by atoms with Crippen molar-refractivity contribution in [2.75, 3.05) is 27.7 Å². The smallest absolute Gasteiger partial charge is 0.422 e. The lowest BCUT2D eigenvalue weighted by atomic mass is 9.73. The number of thiophene rings is 1. The lowest BCUT2D eigenvalue weighted by Crippen LogP contribution is -2.61. The highest BCUT2D eigenvalue weighted by Crippen LogP contribution is 2.40. The molecular formula is C42H62N6O11S. The molecule has 18 heteroatoms. The number of amides is 2. The molecule has 0 aliphatic carbocycles. The molecule has 3 aliphatic rings. The number of ketones is 2. The number of aliphatic hydroxyl groups is 1. The monoisotopic (exact) mass is 858 g/mol. The molecule has 3 saturated heterocycles. The van der Waals surface area contributed by atoms with Gasteiger partial charge in [0.2, 0.25) is 0 Å². The number of fused-ring (bicyclic) bond motifs is 1. The van der Waals surface area contributed by atoms with E-state index in [4.69, 9.17) is 23.7 Å². The van der Waals surface area contributed by atoms with E-state index in [1.54, 1.807) is 83.4 Å². The zero-order chi connectivity index (χ0) is 44.3. The first-order valence-electron chi connectivity index (χ1n) is 20.7. The fourth-order valence-corrected chi connectivity index (χ4v) is 9.81. The van der Waals surface area contributed by atoms with Gasteiger partial charge in [-0.2, -0.15) is 0 Å². The van der Waals surface area contributed by atoms with Crippen LogP contribution in [-0.4, -0.2) is 136 Å². The standard InChI is InChI=1S/C42H62N6O11S/c1-12-30-42(8)34(45-39(53)59-42)24(4)31(49)22(2)21-41(7,58-40(54)46-48(11)19-16-27-14-15-29(60-27)36-43-17-13-18-44-36)35(25(5)32(50)26(6)37(52)56-30)57-38-33(51)28(47(9)10)20-23(3)55-38/h13-15,17-18,22-26,28,30,33-35,38,51H,12,16,19-21H2,1-11H3,(H,45,53)(H,46,54)/t22-,23-,24+,25+,26-,28+,30-,33-,34-,35-,38+,41-,42-/m1/s1. The zero-order valence-electron chi connectivity index (χ0n) is 36.5. The molecule has 0 unspecified atom stereocenters. The van der Waals surface area contributed by atoms with Crippen LogP contribution < -0.4 is 10.7 Å². The molecule has 0 aromatic carbocycles. The van der Waals surface area contributed by atoms with E-state index >= 15 is 0 Å². The minimum Gasteiger partial charge on any atom is -0.458 e. The van der Waals surface area contributed by atoms with Crippen molar-refractivity contribution < 1.29 is 52.8 Å². The normalized spacial score (nSPS) is 35.6. The molecule has 2 amide bonds. The van der Waals surface area contributed by atoms with Crippen LogP contribution in [0.15, 0.2) is 30.6 Å². The highest BCUT2D eigenvalue weighted by atomic mass is 32.1. The number of carbonyl (C=O) groups excluding carboxylic acids is 5. The predicted octanol–water partition coefficient (Wildman–Crippen LogP) is 4.17. The predicted molar refractivity (Wildman–Crippen MR) is 220 cm³/mol. The van der Waals surface area contributed by atoms with Gasteiger partial charge in [0.1, 0.15) is 35.6 Å². The minimum atomic E-state index is -1.76. The molecule has 2 aromatic heterocycles. The Balaban J connectivity index is 1.48. The second-order valence-corrected chi connectivity index (χ2v) is 18.4. The highest BCUT2D eigenvalue weighted by molar-refractivity contribution is 7.15. The molecule has 60 heavy (non-hydrogen) atoms. The third-order valence-electron chi connectivity index (χ3n) is 12.2. The van der Waals surface area contributed by atoms with Gasteiger partial charge in [-0.25, -0.2) is 24.6 Å². The molecule has 2 aromatic rings. The molecule has 17 nitrogen and oxygen atoms in total. The van der Waals surface area contributed by atoms with E-state index in [9.17, 15) is 29.1 Å². The number of cyclic esters (lactones) is 1. The van der Waals surface area contributed by atoms with Crippen LogP contribution in [-0.2, 0) is 44.5 Å². The average molecular weight is 859 g/mol. The van der Waals surface area contributed by atoms with Crippen LogP contribution in [0.2, 0.25) is 0 Å². The largest absolute Gasteiger partial charge is 0.458 e. The topological polar surface area (TPSA) is 208 Å². The second-order valence-electron chi connectivity index (χ2n) is 17.2. The van der Waals surface area contributed by atoms with Crippen molar-refractivity contribution in [1.29, 1.82) is 0 Å². The maximum atomic E-state index is 14.5. The lowest BCUT2D eigenvalue weighted by molar-refractivity contribution is -0.292. The van der Waals surface area contributed by atoms with Gasteiger partial charge in [0, 0.05) is 54.7 Å². The first kappa shape index (κ1) is 47.0. The van der Waals surface area contributed by atoms with Gasteiger partial charge in [-0.05, 0) is 85.7 Å². The Morgan fingerprint density at radius 1 is 1.03 bits per heavy atom. The Labute approximate surface area is 356 Å². The first-order valence-corrected chi connectivity index (χ1v) is 21.5. The summed E-state index contributed by atoms with van der Waals surface area (Å²) in [7, 11) is 5.34. The van der Waals surface area contributed by atoms with Crippen LogP contribution in [0.25, 0.3) is 10.7 Å². The van der Waals surface area contributed by atoms with Crippen molar-refractivity contribution in [3.05, 3.63) is 35.5 Å². The lowest BCUT2D eigenvalue weighted by Gasteiger charge is -2.47. The number of nitrogens with zero attached hydrogens (tertiary/aromatic N) is 4. The van der Waals surface area contributed by atoms with Gasteiger partial charge in [0.05, 0.1) is 17.0 Å². The van der Waals surface area contributed by atoms with Crippen molar-refractivity contribution in [1.82, 2.24) is 30.6 Å². The number of ether oxygens (including phenoxy) is 5. The van der Waals surface area contributed by atoms with Crippen molar-refractivity contribution in [3.63, 3.8) is 0 Å². The Morgan fingerprint density at radius 2 is 1.72 bits per heavy atom. The molecule has 5 heterocycles. The van der Waals surface area contributed by atoms with E-state index < -0.39 is 89.5 Å². The van der Waals surface area contributed by atoms with E-state index in [2.05, 4.69) is 20.7 Å². The number of Topliss-reactive ketones (excluding diaryl/α,β-unsaturated/α-hetero) is 2. The molecule has 332 valence electrons. The summed E-state index contributed by atoms with van der Waals surface area (Å²) in [6.07, 6.45) is -2.34.